The molecule has 0 spiro atoms. The van der Waals surface area contributed by atoms with Gasteiger partial charge in [0.05, 0.1) is 11.6 Å². The lowest BCUT2D eigenvalue weighted by Gasteiger charge is -2.33. The minimum atomic E-state index is 0.494. The summed E-state index contributed by atoms with van der Waals surface area (Å²) in [5, 5.41) is 0.765. The third-order valence-corrected chi connectivity index (χ3v) is 4.54. The van der Waals surface area contributed by atoms with Gasteiger partial charge in [0.2, 0.25) is 0 Å². The molecule has 0 aromatic carbocycles. The zero-order valence-corrected chi connectivity index (χ0v) is 11.1. The molecule has 2 nitrogen and oxygen atoms in total. The monoisotopic (exact) mass is 256 g/mol. The van der Waals surface area contributed by atoms with Crippen molar-refractivity contribution in [2.24, 2.45) is 0 Å². The van der Waals surface area contributed by atoms with Gasteiger partial charge in [-0.05, 0) is 18.6 Å². The first-order valence-corrected chi connectivity index (χ1v) is 7.29. The normalized spacial score (nSPS) is 21.1. The highest BCUT2D eigenvalue weighted by Gasteiger charge is 2.19. The number of alkyl halides is 1. The van der Waals surface area contributed by atoms with Gasteiger partial charge >= 0.3 is 0 Å². The summed E-state index contributed by atoms with van der Waals surface area (Å²) >= 11 is 7.90. The quantitative estimate of drug-likeness (QED) is 0.773. The largest absolute Gasteiger partial charge is 0.369 e. The molecule has 4 heteroatoms. The Hall–Kier alpha value is -0.410. The first-order valence-electron chi connectivity index (χ1n) is 5.71. The number of thioether (sulfide) groups is 1. The second-order valence-electron chi connectivity index (χ2n) is 3.99. The van der Waals surface area contributed by atoms with E-state index < -0.39 is 0 Å². The Labute approximate surface area is 106 Å². The fraction of sp³-hybridized carbons (Fsp3) is 0.583. The van der Waals surface area contributed by atoms with Crippen molar-refractivity contribution in [3.63, 3.8) is 0 Å². The van der Waals surface area contributed by atoms with Crippen LogP contribution in [0.25, 0.3) is 0 Å². The first-order chi connectivity index (χ1) is 7.83. The number of pyridine rings is 1. The van der Waals surface area contributed by atoms with E-state index in [0.717, 1.165) is 24.0 Å². The molecule has 1 aliphatic rings. The summed E-state index contributed by atoms with van der Waals surface area (Å²) in [5.41, 5.74) is 2.23. The van der Waals surface area contributed by atoms with E-state index in [9.17, 15) is 0 Å². The van der Waals surface area contributed by atoms with Crippen LogP contribution in [0.2, 0.25) is 0 Å². The molecule has 0 radical (unpaired) electrons. The lowest BCUT2D eigenvalue weighted by Crippen LogP contribution is -2.37. The van der Waals surface area contributed by atoms with Crippen molar-refractivity contribution in [3.8, 4) is 0 Å². The van der Waals surface area contributed by atoms with Gasteiger partial charge in [-0.2, -0.15) is 11.8 Å². The van der Waals surface area contributed by atoms with Gasteiger partial charge in [-0.3, -0.25) is 4.98 Å². The van der Waals surface area contributed by atoms with Crippen LogP contribution >= 0.6 is 23.4 Å². The van der Waals surface area contributed by atoms with Crippen molar-refractivity contribution in [3.05, 3.63) is 24.0 Å². The van der Waals surface area contributed by atoms with Crippen molar-refractivity contribution in [1.29, 1.82) is 0 Å². The molecule has 1 aromatic heterocycles. The summed E-state index contributed by atoms with van der Waals surface area (Å²) in [7, 11) is 0. The maximum Gasteiger partial charge on any atom is 0.0648 e. The van der Waals surface area contributed by atoms with Crippen LogP contribution in [-0.4, -0.2) is 29.1 Å². The van der Waals surface area contributed by atoms with E-state index in [1.807, 2.05) is 6.20 Å². The predicted molar refractivity (Wildman–Crippen MR) is 72.5 cm³/mol. The van der Waals surface area contributed by atoms with Crippen LogP contribution in [-0.2, 0) is 5.88 Å². The maximum absolute atomic E-state index is 5.81. The van der Waals surface area contributed by atoms with E-state index >= 15 is 0 Å². The number of nitrogens with zero attached hydrogens (tertiary/aromatic N) is 2. The molecule has 0 bridgehead atoms. The van der Waals surface area contributed by atoms with Crippen molar-refractivity contribution in [2.45, 2.75) is 24.5 Å². The van der Waals surface area contributed by atoms with E-state index in [1.54, 1.807) is 0 Å². The Morgan fingerprint density at radius 3 is 3.25 bits per heavy atom. The molecule has 1 fully saturated rings. The van der Waals surface area contributed by atoms with Crippen LogP contribution in [0.4, 0.5) is 5.69 Å². The van der Waals surface area contributed by atoms with Crippen molar-refractivity contribution >= 4 is 29.1 Å². The lowest BCUT2D eigenvalue weighted by molar-refractivity contribution is 0.727. The van der Waals surface area contributed by atoms with Gasteiger partial charge < -0.3 is 4.90 Å². The number of halogens is 1. The third kappa shape index (κ3) is 2.83. The van der Waals surface area contributed by atoms with Crippen molar-refractivity contribution in [1.82, 2.24) is 4.98 Å². The van der Waals surface area contributed by atoms with E-state index in [-0.39, 0.29) is 0 Å². The van der Waals surface area contributed by atoms with Crippen LogP contribution in [0.3, 0.4) is 0 Å². The molecule has 2 rings (SSSR count). The van der Waals surface area contributed by atoms with Gasteiger partial charge in [0.25, 0.3) is 0 Å². The first kappa shape index (κ1) is 12.1. The Kier molecular flexibility index (Phi) is 4.36. The Morgan fingerprint density at radius 1 is 1.62 bits per heavy atom. The van der Waals surface area contributed by atoms with E-state index in [2.05, 4.69) is 40.7 Å². The van der Waals surface area contributed by atoms with Crippen LogP contribution < -0.4 is 4.90 Å². The van der Waals surface area contributed by atoms with Crippen LogP contribution in [0.15, 0.2) is 18.3 Å². The molecule has 0 amide bonds. The second kappa shape index (κ2) is 5.78. The second-order valence-corrected chi connectivity index (χ2v) is 5.66. The fourth-order valence-electron chi connectivity index (χ4n) is 1.94. The Balaban J connectivity index is 2.10. The Bertz CT molecular complexity index is 346. The molecule has 88 valence electrons. The predicted octanol–water partition coefficient (Wildman–Crippen LogP) is 3.15. The topological polar surface area (TPSA) is 16.1 Å². The maximum atomic E-state index is 5.81. The van der Waals surface area contributed by atoms with E-state index in [0.29, 0.717) is 5.88 Å². The fourth-order valence-corrected chi connectivity index (χ4v) is 3.26. The van der Waals surface area contributed by atoms with Gasteiger partial charge in [0, 0.05) is 36.0 Å². The molecule has 1 saturated heterocycles. The third-order valence-electron chi connectivity index (χ3n) is 2.90. The zero-order chi connectivity index (χ0) is 11.4. The Morgan fingerprint density at radius 2 is 2.50 bits per heavy atom. The smallest absolute Gasteiger partial charge is 0.0648 e. The zero-order valence-electron chi connectivity index (χ0n) is 9.53. The molecule has 1 atom stereocenters. The van der Waals surface area contributed by atoms with Crippen LogP contribution in [0.1, 0.15) is 19.0 Å². The summed E-state index contributed by atoms with van der Waals surface area (Å²) in [6, 6.07) is 4.19. The molecule has 0 N–H and O–H groups in total. The molecule has 1 unspecified atom stereocenters. The average molecular weight is 257 g/mol. The van der Waals surface area contributed by atoms with Gasteiger partial charge in [-0.25, -0.2) is 0 Å². The number of anilines is 1. The van der Waals surface area contributed by atoms with Crippen LogP contribution in [0.5, 0.6) is 0 Å². The SMILES string of the molecule is CCC1CN(c2ccnc(CCl)c2)CCS1. The summed E-state index contributed by atoms with van der Waals surface area (Å²) < 4.78 is 0. The summed E-state index contributed by atoms with van der Waals surface area (Å²) in [6.07, 6.45) is 3.10. The molecule has 0 saturated carbocycles. The van der Waals surface area contributed by atoms with Crippen LogP contribution in [0, 0.1) is 0 Å². The molecule has 1 aliphatic heterocycles. The van der Waals surface area contributed by atoms with Crippen molar-refractivity contribution < 1.29 is 0 Å². The highest BCUT2D eigenvalue weighted by atomic mass is 35.5. The number of rotatable bonds is 3. The molecule has 1 aromatic rings. The molecular formula is C12H17ClN2S. The standard InChI is InChI=1S/C12H17ClN2S/c1-2-12-9-15(5-6-16-12)11-3-4-14-10(7-11)8-13/h3-4,7,12H,2,5-6,8-9H2,1H3. The highest BCUT2D eigenvalue weighted by molar-refractivity contribution is 8.00. The van der Waals surface area contributed by atoms with Gasteiger partial charge in [0.1, 0.15) is 0 Å². The van der Waals surface area contributed by atoms with Gasteiger partial charge in [0.15, 0.2) is 0 Å². The molecule has 0 aliphatic carbocycles. The lowest BCUT2D eigenvalue weighted by atomic mass is 10.2. The molecular weight excluding hydrogens is 240 g/mol. The van der Waals surface area contributed by atoms with Gasteiger partial charge in [-0.15, -0.1) is 11.6 Å². The van der Waals surface area contributed by atoms with E-state index in [1.165, 1.54) is 17.9 Å². The molecule has 2 heterocycles. The number of hydrogen-bond acceptors (Lipinski definition) is 3. The minimum Gasteiger partial charge on any atom is -0.369 e. The summed E-state index contributed by atoms with van der Waals surface area (Å²) in [6.45, 7) is 4.54. The number of hydrogen-bond donors (Lipinski definition) is 0. The van der Waals surface area contributed by atoms with E-state index in [4.69, 9.17) is 11.6 Å². The summed E-state index contributed by atoms with van der Waals surface area (Å²) in [5.74, 6) is 1.71. The van der Waals surface area contributed by atoms with Crippen molar-refractivity contribution in [2.75, 3.05) is 23.7 Å². The highest BCUT2D eigenvalue weighted by Crippen LogP contribution is 2.25. The molecule has 16 heavy (non-hydrogen) atoms. The summed E-state index contributed by atoms with van der Waals surface area (Å²) in [4.78, 5) is 6.67. The average Bonchev–Trinajstić information content (AvgIpc) is 2.39. The van der Waals surface area contributed by atoms with Gasteiger partial charge in [-0.1, -0.05) is 6.92 Å². The minimum absolute atomic E-state index is 0.494. The number of aromatic nitrogens is 1.